The molecule has 0 heterocycles. The summed E-state index contributed by atoms with van der Waals surface area (Å²) in [7, 11) is 0. The highest BCUT2D eigenvalue weighted by atomic mass is 16.1. The van der Waals surface area contributed by atoms with E-state index in [4.69, 9.17) is 11.5 Å². The van der Waals surface area contributed by atoms with Gasteiger partial charge in [0.15, 0.2) is 0 Å². The molecule has 19 heavy (non-hydrogen) atoms. The standard InChI is InChI=1S/C15H23N3O/c1-14(2)12(15(14,3)4)8-18-11-7-9(13(17)19)5-6-10(11)16/h5-7,12,18H,8,16H2,1-4H3,(H2,17,19). The predicted octanol–water partition coefficient (Wildman–Crippen LogP) is 2.46. The fourth-order valence-electron chi connectivity index (χ4n) is 2.92. The summed E-state index contributed by atoms with van der Waals surface area (Å²) in [6, 6.07) is 5.08. The van der Waals surface area contributed by atoms with Crippen LogP contribution in [0, 0.1) is 16.7 Å². The highest BCUT2D eigenvalue weighted by Crippen LogP contribution is 2.68. The number of benzene rings is 1. The van der Waals surface area contributed by atoms with Gasteiger partial charge in [0.2, 0.25) is 5.91 Å². The monoisotopic (exact) mass is 261 g/mol. The van der Waals surface area contributed by atoms with E-state index in [1.54, 1.807) is 18.2 Å². The lowest BCUT2D eigenvalue weighted by Gasteiger charge is -2.11. The van der Waals surface area contributed by atoms with Gasteiger partial charge < -0.3 is 16.8 Å². The van der Waals surface area contributed by atoms with E-state index in [2.05, 4.69) is 33.0 Å². The summed E-state index contributed by atoms with van der Waals surface area (Å²) < 4.78 is 0. The molecule has 1 aliphatic carbocycles. The number of rotatable bonds is 4. The van der Waals surface area contributed by atoms with Crippen molar-refractivity contribution in [3.63, 3.8) is 0 Å². The second-order valence-electron chi connectivity index (χ2n) is 6.54. The fourth-order valence-corrected chi connectivity index (χ4v) is 2.92. The molecule has 1 amide bonds. The number of hydrogen-bond donors (Lipinski definition) is 3. The van der Waals surface area contributed by atoms with Crippen LogP contribution in [0.5, 0.6) is 0 Å². The third-order valence-electron chi connectivity index (χ3n) is 5.15. The second-order valence-corrected chi connectivity index (χ2v) is 6.54. The van der Waals surface area contributed by atoms with Crippen LogP contribution in [0.25, 0.3) is 0 Å². The van der Waals surface area contributed by atoms with Gasteiger partial charge in [0.1, 0.15) is 0 Å². The zero-order valence-corrected chi connectivity index (χ0v) is 12.1. The maximum absolute atomic E-state index is 11.2. The van der Waals surface area contributed by atoms with Crippen molar-refractivity contribution in [2.24, 2.45) is 22.5 Å². The van der Waals surface area contributed by atoms with Crippen molar-refractivity contribution in [2.45, 2.75) is 27.7 Å². The lowest BCUT2D eigenvalue weighted by molar-refractivity contribution is 0.100. The van der Waals surface area contributed by atoms with E-state index in [9.17, 15) is 4.79 Å². The van der Waals surface area contributed by atoms with Crippen LogP contribution in [0.4, 0.5) is 11.4 Å². The Morgan fingerprint density at radius 3 is 2.32 bits per heavy atom. The first-order valence-electron chi connectivity index (χ1n) is 6.61. The largest absolute Gasteiger partial charge is 0.397 e. The summed E-state index contributed by atoms with van der Waals surface area (Å²) in [6.07, 6.45) is 0. The molecule has 1 fully saturated rings. The summed E-state index contributed by atoms with van der Waals surface area (Å²) in [6.45, 7) is 9.97. The number of hydrogen-bond acceptors (Lipinski definition) is 3. The van der Waals surface area contributed by atoms with Gasteiger partial charge in [0, 0.05) is 12.1 Å². The van der Waals surface area contributed by atoms with Crippen molar-refractivity contribution in [3.05, 3.63) is 23.8 Å². The molecular formula is C15H23N3O. The van der Waals surface area contributed by atoms with E-state index in [0.717, 1.165) is 12.2 Å². The third-order valence-corrected chi connectivity index (χ3v) is 5.15. The van der Waals surface area contributed by atoms with E-state index in [0.29, 0.717) is 28.0 Å². The number of carbonyl (C=O) groups excluding carboxylic acids is 1. The van der Waals surface area contributed by atoms with Crippen molar-refractivity contribution in [2.75, 3.05) is 17.6 Å². The minimum atomic E-state index is -0.435. The normalized spacial score (nSPS) is 20.0. The molecule has 2 rings (SSSR count). The van der Waals surface area contributed by atoms with E-state index in [1.165, 1.54) is 0 Å². The molecule has 4 heteroatoms. The van der Waals surface area contributed by atoms with Crippen molar-refractivity contribution in [3.8, 4) is 0 Å². The third kappa shape index (κ3) is 2.15. The fraction of sp³-hybridized carbons (Fsp3) is 0.533. The summed E-state index contributed by atoms with van der Waals surface area (Å²) in [5, 5.41) is 3.35. The first-order valence-corrected chi connectivity index (χ1v) is 6.61. The van der Waals surface area contributed by atoms with Gasteiger partial charge in [0.25, 0.3) is 0 Å². The highest BCUT2D eigenvalue weighted by molar-refractivity contribution is 5.94. The zero-order valence-electron chi connectivity index (χ0n) is 12.1. The summed E-state index contributed by atoms with van der Waals surface area (Å²) in [5.74, 6) is 0.159. The van der Waals surface area contributed by atoms with Crippen molar-refractivity contribution < 1.29 is 4.79 Å². The van der Waals surface area contributed by atoms with E-state index in [-0.39, 0.29) is 0 Å². The first-order chi connectivity index (χ1) is 8.68. The van der Waals surface area contributed by atoms with Gasteiger partial charge >= 0.3 is 0 Å². The minimum Gasteiger partial charge on any atom is -0.397 e. The Morgan fingerprint density at radius 1 is 1.26 bits per heavy atom. The Labute approximate surface area is 114 Å². The van der Waals surface area contributed by atoms with Crippen LogP contribution in [-0.2, 0) is 0 Å². The highest BCUT2D eigenvalue weighted by Gasteiger charge is 2.64. The predicted molar refractivity (Wildman–Crippen MR) is 78.9 cm³/mol. The SMILES string of the molecule is CC1(C)C(CNc2cc(C(N)=O)ccc2N)C1(C)C. The number of nitrogens with two attached hydrogens (primary N) is 2. The Hall–Kier alpha value is -1.71. The van der Waals surface area contributed by atoms with Crippen molar-refractivity contribution in [1.82, 2.24) is 0 Å². The Bertz CT molecular complexity index is 506. The molecule has 0 aromatic heterocycles. The maximum atomic E-state index is 11.2. The number of primary amides is 1. The average molecular weight is 261 g/mol. The van der Waals surface area contributed by atoms with E-state index >= 15 is 0 Å². The quantitative estimate of drug-likeness (QED) is 0.728. The lowest BCUT2D eigenvalue weighted by Crippen LogP contribution is -2.13. The van der Waals surface area contributed by atoms with Crippen molar-refractivity contribution in [1.29, 1.82) is 0 Å². The molecule has 5 N–H and O–H groups in total. The number of nitrogens with one attached hydrogen (secondary N) is 1. The number of amides is 1. The van der Waals surface area contributed by atoms with Crippen LogP contribution in [0.3, 0.4) is 0 Å². The Balaban J connectivity index is 2.09. The van der Waals surface area contributed by atoms with Gasteiger partial charge in [-0.25, -0.2) is 0 Å². The first kappa shape index (κ1) is 13.7. The van der Waals surface area contributed by atoms with Gasteiger partial charge in [-0.3, -0.25) is 4.79 Å². The van der Waals surface area contributed by atoms with E-state index < -0.39 is 5.91 Å². The average Bonchev–Trinajstić information content (AvgIpc) is 2.68. The summed E-state index contributed by atoms with van der Waals surface area (Å²) in [4.78, 5) is 11.2. The van der Waals surface area contributed by atoms with Gasteiger partial charge in [-0.05, 0) is 34.9 Å². The van der Waals surface area contributed by atoms with Gasteiger partial charge in [-0.2, -0.15) is 0 Å². The van der Waals surface area contributed by atoms with Crippen LogP contribution in [-0.4, -0.2) is 12.5 Å². The van der Waals surface area contributed by atoms with Crippen molar-refractivity contribution >= 4 is 17.3 Å². The second kappa shape index (κ2) is 4.15. The number of nitrogen functional groups attached to an aromatic ring is 1. The molecule has 1 aromatic carbocycles. The van der Waals surface area contributed by atoms with Crippen LogP contribution < -0.4 is 16.8 Å². The topological polar surface area (TPSA) is 81.1 Å². The maximum Gasteiger partial charge on any atom is 0.248 e. The van der Waals surface area contributed by atoms with Gasteiger partial charge in [-0.15, -0.1) is 0 Å². The number of carbonyl (C=O) groups is 1. The lowest BCUT2D eigenvalue weighted by atomic mass is 10.0. The molecule has 0 saturated heterocycles. The molecule has 1 saturated carbocycles. The van der Waals surface area contributed by atoms with Gasteiger partial charge in [0.05, 0.1) is 11.4 Å². The molecule has 0 bridgehead atoms. The molecule has 104 valence electrons. The van der Waals surface area contributed by atoms with E-state index in [1.807, 2.05) is 0 Å². The molecule has 1 aliphatic rings. The van der Waals surface area contributed by atoms with Crippen LogP contribution >= 0.6 is 0 Å². The summed E-state index contributed by atoms with van der Waals surface area (Å²) >= 11 is 0. The van der Waals surface area contributed by atoms with Gasteiger partial charge in [-0.1, -0.05) is 27.7 Å². The molecule has 4 nitrogen and oxygen atoms in total. The molecule has 0 radical (unpaired) electrons. The Kier molecular flexibility index (Phi) is 3.00. The smallest absolute Gasteiger partial charge is 0.248 e. The van der Waals surface area contributed by atoms with Crippen LogP contribution in [0.1, 0.15) is 38.1 Å². The molecular weight excluding hydrogens is 238 g/mol. The number of anilines is 2. The van der Waals surface area contributed by atoms with Crippen LogP contribution in [0.15, 0.2) is 18.2 Å². The Morgan fingerprint density at radius 2 is 1.84 bits per heavy atom. The molecule has 0 unspecified atom stereocenters. The molecule has 0 spiro atoms. The molecule has 1 aromatic rings. The molecule has 0 aliphatic heterocycles. The zero-order chi connectivity index (χ0) is 14.4. The minimum absolute atomic E-state index is 0.329. The van der Waals surface area contributed by atoms with Crippen LogP contribution in [0.2, 0.25) is 0 Å². The summed E-state index contributed by atoms with van der Waals surface area (Å²) in [5.41, 5.74) is 13.8. The molecule has 0 atom stereocenters.